The van der Waals surface area contributed by atoms with Crippen LogP contribution in [0.25, 0.3) is 22.0 Å². The van der Waals surface area contributed by atoms with Crippen LogP contribution in [0.3, 0.4) is 0 Å². The van der Waals surface area contributed by atoms with Crippen molar-refractivity contribution in [1.29, 1.82) is 0 Å². The molecule has 8 rings (SSSR count). The molecule has 0 bridgehead atoms. The summed E-state index contributed by atoms with van der Waals surface area (Å²) < 4.78 is 66.2. The van der Waals surface area contributed by atoms with Gasteiger partial charge in [-0.15, -0.1) is 0 Å². The largest absolute Gasteiger partial charge is 0.493 e. The molecule has 4 aromatic rings. The standard InChI is InChI=1S/C46H48ClF4N7O5/c1-27(48)45(61)57-19-17-56(18-20-57)43-32-24-34(47)39(41(51)42(32)52-26-53-43)40-35(50)8-7-9-37(40)63-21-6-4-2-3-5-14-55-15-12-28(13-16-55)30-22-29(49)23-31-33(30)25-58(46(31)62)36-10-11-38(59)54-44(36)60/h7-9,22-24,26,28,36H,1-6,10-21,25H2,(H,54,59,60). The Morgan fingerprint density at radius 2 is 1.65 bits per heavy atom. The Morgan fingerprint density at radius 1 is 0.905 bits per heavy atom. The Bertz CT molecular complexity index is 2460. The number of nitrogens with zero attached hydrogens (tertiary/aromatic N) is 6. The zero-order valence-corrected chi connectivity index (χ0v) is 35.5. The van der Waals surface area contributed by atoms with Crippen molar-refractivity contribution in [3.05, 3.63) is 94.3 Å². The third-order valence-corrected chi connectivity index (χ3v) is 13.0. The molecule has 0 spiro atoms. The van der Waals surface area contributed by atoms with E-state index in [1.165, 1.54) is 46.5 Å². The van der Waals surface area contributed by atoms with Crippen molar-refractivity contribution in [2.75, 3.05) is 57.3 Å². The second-order valence-corrected chi connectivity index (χ2v) is 17.0. The molecule has 332 valence electrons. The number of piperidine rings is 2. The molecule has 3 aromatic carbocycles. The second kappa shape index (κ2) is 19.0. The molecule has 3 saturated heterocycles. The first-order chi connectivity index (χ1) is 30.4. The van der Waals surface area contributed by atoms with E-state index >= 15 is 8.78 Å². The van der Waals surface area contributed by atoms with Gasteiger partial charge >= 0.3 is 0 Å². The molecule has 3 fully saturated rings. The van der Waals surface area contributed by atoms with E-state index in [-0.39, 0.29) is 84.2 Å². The minimum atomic E-state index is -1.04. The van der Waals surface area contributed by atoms with Crippen LogP contribution >= 0.6 is 11.6 Å². The monoisotopic (exact) mass is 889 g/mol. The van der Waals surface area contributed by atoms with E-state index in [9.17, 15) is 28.0 Å². The number of carbonyl (C=O) groups excluding carboxylic acids is 4. The molecule has 0 aliphatic carbocycles. The second-order valence-electron chi connectivity index (χ2n) is 16.6. The number of rotatable bonds is 14. The first-order valence-electron chi connectivity index (χ1n) is 21.5. The average Bonchev–Trinajstić information content (AvgIpc) is 3.59. The number of unbranched alkanes of at least 4 members (excludes halogenated alkanes) is 4. The van der Waals surface area contributed by atoms with Gasteiger partial charge in [0, 0.05) is 55.7 Å². The molecule has 0 saturated carbocycles. The average molecular weight is 890 g/mol. The Morgan fingerprint density at radius 3 is 2.40 bits per heavy atom. The molecule has 4 aliphatic heterocycles. The van der Waals surface area contributed by atoms with Gasteiger partial charge in [-0.3, -0.25) is 24.5 Å². The van der Waals surface area contributed by atoms with Crippen LogP contribution < -0.4 is 15.0 Å². The van der Waals surface area contributed by atoms with Gasteiger partial charge in [0.25, 0.3) is 11.8 Å². The number of hydrogen-bond donors (Lipinski definition) is 1. The van der Waals surface area contributed by atoms with E-state index in [1.807, 2.05) is 4.90 Å². The first-order valence-corrected chi connectivity index (χ1v) is 21.9. The van der Waals surface area contributed by atoms with Gasteiger partial charge in [0.1, 0.15) is 41.1 Å². The lowest BCUT2D eigenvalue weighted by Gasteiger charge is -2.35. The molecule has 0 radical (unpaired) electrons. The van der Waals surface area contributed by atoms with E-state index in [2.05, 4.69) is 26.8 Å². The Hall–Kier alpha value is -5.61. The Labute approximate surface area is 367 Å². The molecule has 12 nitrogen and oxygen atoms in total. The minimum Gasteiger partial charge on any atom is -0.493 e. The fourth-order valence-electron chi connectivity index (χ4n) is 9.39. The predicted molar refractivity (Wildman–Crippen MR) is 228 cm³/mol. The maximum atomic E-state index is 16.4. The highest BCUT2D eigenvalue weighted by molar-refractivity contribution is 6.34. The summed E-state index contributed by atoms with van der Waals surface area (Å²) in [5.41, 5.74) is 1.59. The van der Waals surface area contributed by atoms with E-state index < -0.39 is 41.1 Å². The number of imide groups is 1. The van der Waals surface area contributed by atoms with Crippen LogP contribution in [-0.4, -0.2) is 107 Å². The molecule has 1 aromatic heterocycles. The van der Waals surface area contributed by atoms with Crippen molar-refractivity contribution in [3.8, 4) is 16.9 Å². The Kier molecular flexibility index (Phi) is 13.3. The maximum Gasteiger partial charge on any atom is 0.282 e. The van der Waals surface area contributed by atoms with Crippen LogP contribution in [-0.2, 0) is 20.9 Å². The van der Waals surface area contributed by atoms with Gasteiger partial charge < -0.3 is 24.3 Å². The normalized spacial score (nSPS) is 18.6. The number of carbonyl (C=O) groups is 4. The first kappa shape index (κ1) is 44.0. The van der Waals surface area contributed by atoms with Crippen LogP contribution in [0.15, 0.2) is 55.1 Å². The summed E-state index contributed by atoms with van der Waals surface area (Å²) in [4.78, 5) is 65.2. The molecule has 4 aliphatic rings. The molecule has 1 unspecified atom stereocenters. The van der Waals surface area contributed by atoms with Crippen molar-refractivity contribution in [1.82, 2.24) is 30.0 Å². The molecular weight excluding hydrogens is 842 g/mol. The summed E-state index contributed by atoms with van der Waals surface area (Å²) in [6.45, 7) is 7.26. The van der Waals surface area contributed by atoms with E-state index in [0.717, 1.165) is 69.3 Å². The number of aromatic nitrogens is 2. The number of fused-ring (bicyclic) bond motifs is 2. The number of ether oxygens (including phenoxy) is 1. The molecule has 1 N–H and O–H groups in total. The van der Waals surface area contributed by atoms with Crippen molar-refractivity contribution in [2.24, 2.45) is 0 Å². The lowest BCUT2D eigenvalue weighted by atomic mass is 9.85. The van der Waals surface area contributed by atoms with Crippen LogP contribution in [0.2, 0.25) is 5.02 Å². The van der Waals surface area contributed by atoms with Gasteiger partial charge in [-0.05, 0) is 99.1 Å². The Balaban J connectivity index is 0.802. The van der Waals surface area contributed by atoms with Gasteiger partial charge in [0.2, 0.25) is 11.8 Å². The number of halogens is 5. The predicted octanol–water partition coefficient (Wildman–Crippen LogP) is 7.47. The summed E-state index contributed by atoms with van der Waals surface area (Å²) in [7, 11) is 0. The molecule has 4 amide bonds. The minimum absolute atomic E-state index is 0.0508. The summed E-state index contributed by atoms with van der Waals surface area (Å²) in [6, 6.07) is 7.85. The summed E-state index contributed by atoms with van der Waals surface area (Å²) in [5, 5.41) is 2.58. The van der Waals surface area contributed by atoms with Gasteiger partial charge in [-0.25, -0.2) is 27.5 Å². The quantitative estimate of drug-likeness (QED) is 0.0594. The highest BCUT2D eigenvalue weighted by atomic mass is 35.5. The number of hydrogen-bond acceptors (Lipinski definition) is 9. The highest BCUT2D eigenvalue weighted by Crippen LogP contribution is 2.43. The lowest BCUT2D eigenvalue weighted by molar-refractivity contribution is -0.137. The molecule has 1 atom stereocenters. The SMILES string of the molecule is C=C(F)C(=O)N1CCN(c2ncnc3c(F)c(-c4c(F)cccc4OCCCCCCCN4CCC(c5cc(F)cc6c5CN(C5CCC(=O)NC5=O)C6=O)CC4)c(Cl)cc23)CC1. The molecule has 5 heterocycles. The van der Waals surface area contributed by atoms with E-state index in [0.29, 0.717) is 36.3 Å². The van der Waals surface area contributed by atoms with Gasteiger partial charge in [0.15, 0.2) is 11.6 Å². The van der Waals surface area contributed by atoms with Crippen LogP contribution in [0.4, 0.5) is 23.4 Å². The molecule has 17 heteroatoms. The van der Waals surface area contributed by atoms with Crippen LogP contribution in [0, 0.1) is 17.5 Å². The number of likely N-dealkylation sites (tertiary alicyclic amines) is 1. The van der Waals surface area contributed by atoms with Gasteiger partial charge in [-0.1, -0.05) is 43.5 Å². The van der Waals surface area contributed by atoms with Crippen molar-refractivity contribution < 1.29 is 41.5 Å². The summed E-state index contributed by atoms with van der Waals surface area (Å²) in [6.07, 6.45) is 7.83. The van der Waals surface area contributed by atoms with Gasteiger partial charge in [0.05, 0.1) is 17.2 Å². The zero-order chi connectivity index (χ0) is 44.4. The number of anilines is 1. The number of nitrogens with one attached hydrogen (secondary N) is 1. The maximum absolute atomic E-state index is 16.4. The third-order valence-electron chi connectivity index (χ3n) is 12.7. The fraction of sp³-hybridized carbons (Fsp3) is 0.435. The summed E-state index contributed by atoms with van der Waals surface area (Å²) >= 11 is 6.70. The van der Waals surface area contributed by atoms with Crippen molar-refractivity contribution in [2.45, 2.75) is 76.3 Å². The molecule has 63 heavy (non-hydrogen) atoms. The van der Waals surface area contributed by atoms with Crippen molar-refractivity contribution >= 4 is 52.0 Å². The number of amides is 4. The highest BCUT2D eigenvalue weighted by Gasteiger charge is 2.41. The fourth-order valence-corrected chi connectivity index (χ4v) is 9.68. The lowest BCUT2D eigenvalue weighted by Crippen LogP contribution is -2.52. The van der Waals surface area contributed by atoms with Crippen LogP contribution in [0.5, 0.6) is 5.75 Å². The third kappa shape index (κ3) is 9.24. The summed E-state index contributed by atoms with van der Waals surface area (Å²) in [5.74, 6) is -4.37. The van der Waals surface area contributed by atoms with E-state index in [4.69, 9.17) is 16.3 Å². The van der Waals surface area contributed by atoms with Crippen molar-refractivity contribution in [3.63, 3.8) is 0 Å². The van der Waals surface area contributed by atoms with E-state index in [1.54, 1.807) is 6.07 Å². The topological polar surface area (TPSA) is 128 Å². The smallest absolute Gasteiger partial charge is 0.282 e. The number of benzene rings is 3. The van der Waals surface area contributed by atoms with Crippen LogP contribution in [0.1, 0.15) is 85.2 Å². The zero-order valence-electron chi connectivity index (χ0n) is 34.7. The van der Waals surface area contributed by atoms with Gasteiger partial charge in [-0.2, -0.15) is 0 Å². The molecular formula is C46H48ClF4N7O5. The number of piperazine rings is 1.